The molecule has 0 radical (unpaired) electrons. The molecule has 2 fully saturated rings. The number of phenols is 1. The number of ether oxygens (including phenoxy) is 1. The number of hydrogen-bond acceptors (Lipinski definition) is 4. The Balaban J connectivity index is 1.37. The number of rotatable bonds is 7. The molecule has 0 unspecified atom stereocenters. The summed E-state index contributed by atoms with van der Waals surface area (Å²) in [7, 11) is 1.72. The average molecular weight is 516 g/mol. The van der Waals surface area contributed by atoms with E-state index in [2.05, 4.69) is 35.5 Å². The molecule has 0 atom stereocenters. The Morgan fingerprint density at radius 3 is 2.47 bits per heavy atom. The lowest BCUT2D eigenvalue weighted by Gasteiger charge is -2.30. The van der Waals surface area contributed by atoms with E-state index in [1.165, 1.54) is 17.5 Å². The summed E-state index contributed by atoms with van der Waals surface area (Å²) in [5.41, 5.74) is 6.10. The highest BCUT2D eigenvalue weighted by molar-refractivity contribution is 5.94. The van der Waals surface area contributed by atoms with Gasteiger partial charge in [0.2, 0.25) is 5.91 Å². The molecule has 2 aliphatic rings. The van der Waals surface area contributed by atoms with Crippen LogP contribution in [0.5, 0.6) is 11.5 Å². The summed E-state index contributed by atoms with van der Waals surface area (Å²) in [6, 6.07) is 10.1. The molecule has 1 aromatic heterocycles. The lowest BCUT2D eigenvalue weighted by atomic mass is 9.76. The maximum absolute atomic E-state index is 13.2. The monoisotopic (exact) mass is 515 g/mol. The molecule has 5 rings (SSSR count). The number of nitrogens with one attached hydrogen (secondary N) is 1. The maximum atomic E-state index is 13.2. The van der Waals surface area contributed by atoms with Crippen molar-refractivity contribution >= 4 is 11.6 Å². The summed E-state index contributed by atoms with van der Waals surface area (Å²) < 4.78 is 7.22. The molecule has 2 aliphatic carbocycles. The quantitative estimate of drug-likeness (QED) is 0.325. The zero-order valence-electron chi connectivity index (χ0n) is 23.0. The molecule has 2 aromatic carbocycles. The van der Waals surface area contributed by atoms with Crippen LogP contribution in [0.15, 0.2) is 42.7 Å². The van der Waals surface area contributed by atoms with Gasteiger partial charge in [0.1, 0.15) is 17.2 Å². The minimum Gasteiger partial charge on any atom is -0.506 e. The highest BCUT2D eigenvalue weighted by Crippen LogP contribution is 2.41. The number of anilines is 1. The maximum Gasteiger partial charge on any atom is 0.227 e. The number of aromatic nitrogens is 2. The number of nitrogens with zero attached hydrogens (tertiary/aromatic N) is 2. The van der Waals surface area contributed by atoms with Crippen LogP contribution in [0.4, 0.5) is 5.69 Å². The number of amides is 1. The van der Waals surface area contributed by atoms with Gasteiger partial charge < -0.3 is 15.2 Å². The zero-order chi connectivity index (χ0) is 26.6. The summed E-state index contributed by atoms with van der Waals surface area (Å²) in [4.78, 5) is 13.2. The Labute approximate surface area is 226 Å². The largest absolute Gasteiger partial charge is 0.506 e. The third-order valence-corrected chi connectivity index (χ3v) is 8.67. The molecule has 0 bridgehead atoms. The first-order chi connectivity index (χ1) is 18.4. The summed E-state index contributed by atoms with van der Waals surface area (Å²) >= 11 is 0. The van der Waals surface area contributed by atoms with Crippen molar-refractivity contribution in [3.05, 3.63) is 65.0 Å². The number of aromatic hydroxyl groups is 1. The number of hydrogen-bond donors (Lipinski definition) is 2. The van der Waals surface area contributed by atoms with Crippen LogP contribution in [0.25, 0.3) is 5.69 Å². The fourth-order valence-corrected chi connectivity index (χ4v) is 6.48. The smallest absolute Gasteiger partial charge is 0.227 e. The van der Waals surface area contributed by atoms with Crippen LogP contribution in [0.3, 0.4) is 0 Å². The van der Waals surface area contributed by atoms with Crippen molar-refractivity contribution in [2.45, 2.75) is 84.0 Å². The Bertz CT molecular complexity index is 1270. The molecule has 0 saturated heterocycles. The number of phenolic OH excluding ortho intramolecular Hbond substituents is 1. The Kier molecular flexibility index (Phi) is 8.06. The molecule has 6 nitrogen and oxygen atoms in total. The van der Waals surface area contributed by atoms with Crippen LogP contribution < -0.4 is 10.1 Å². The predicted molar refractivity (Wildman–Crippen MR) is 151 cm³/mol. The van der Waals surface area contributed by atoms with Gasteiger partial charge in [-0.2, -0.15) is 5.10 Å². The minimum atomic E-state index is 0.0733. The fourth-order valence-electron chi connectivity index (χ4n) is 6.48. The van der Waals surface area contributed by atoms with Gasteiger partial charge in [0.15, 0.2) is 0 Å². The highest BCUT2D eigenvalue weighted by atomic mass is 16.5. The summed E-state index contributed by atoms with van der Waals surface area (Å²) in [5.74, 6) is 2.35. The summed E-state index contributed by atoms with van der Waals surface area (Å²) in [6.07, 6.45) is 14.4. The molecule has 2 saturated carbocycles. The van der Waals surface area contributed by atoms with Crippen molar-refractivity contribution < 1.29 is 14.6 Å². The van der Waals surface area contributed by atoms with Crippen LogP contribution in [-0.4, -0.2) is 27.9 Å². The highest BCUT2D eigenvalue weighted by Gasteiger charge is 2.28. The molecular formula is C32H41N3O3. The first kappa shape index (κ1) is 26.3. The van der Waals surface area contributed by atoms with Gasteiger partial charge in [-0.1, -0.05) is 31.4 Å². The minimum absolute atomic E-state index is 0.0733. The van der Waals surface area contributed by atoms with Gasteiger partial charge in [0.05, 0.1) is 13.3 Å². The molecule has 0 aliphatic heterocycles. The van der Waals surface area contributed by atoms with Crippen molar-refractivity contribution in [3.63, 3.8) is 0 Å². The van der Waals surface area contributed by atoms with E-state index in [1.807, 2.05) is 19.2 Å². The first-order valence-electron chi connectivity index (χ1n) is 14.2. The normalized spacial score (nSPS) is 20.3. The van der Waals surface area contributed by atoms with E-state index in [-0.39, 0.29) is 17.6 Å². The lowest BCUT2D eigenvalue weighted by Crippen LogP contribution is -2.26. The van der Waals surface area contributed by atoms with Gasteiger partial charge in [-0.05, 0) is 106 Å². The molecule has 1 heterocycles. The van der Waals surface area contributed by atoms with Crippen LogP contribution in [0, 0.1) is 25.7 Å². The van der Waals surface area contributed by atoms with Gasteiger partial charge in [-0.3, -0.25) is 4.79 Å². The van der Waals surface area contributed by atoms with E-state index in [9.17, 15) is 9.90 Å². The van der Waals surface area contributed by atoms with E-state index in [0.717, 1.165) is 80.4 Å². The second-order valence-electron chi connectivity index (χ2n) is 11.4. The van der Waals surface area contributed by atoms with Crippen LogP contribution in [0.2, 0.25) is 0 Å². The topological polar surface area (TPSA) is 76.4 Å². The molecule has 3 aromatic rings. The number of carbonyl (C=O) groups excluding carboxylic acids is 1. The van der Waals surface area contributed by atoms with Gasteiger partial charge in [0.25, 0.3) is 0 Å². The molecular weight excluding hydrogens is 474 g/mol. The van der Waals surface area contributed by atoms with E-state index < -0.39 is 0 Å². The molecule has 2 N–H and O–H groups in total. The molecule has 6 heteroatoms. The van der Waals surface area contributed by atoms with E-state index in [1.54, 1.807) is 24.1 Å². The third-order valence-electron chi connectivity index (χ3n) is 8.67. The second kappa shape index (κ2) is 11.6. The first-order valence-corrected chi connectivity index (χ1v) is 14.2. The fraction of sp³-hybridized carbons (Fsp3) is 0.500. The molecule has 1 amide bonds. The molecule has 202 valence electrons. The average Bonchev–Trinajstić information content (AvgIpc) is 3.36. The number of aryl methyl sites for hydroxylation is 2. The van der Waals surface area contributed by atoms with Crippen molar-refractivity contribution in [1.29, 1.82) is 0 Å². The van der Waals surface area contributed by atoms with Gasteiger partial charge in [0, 0.05) is 23.4 Å². The van der Waals surface area contributed by atoms with Crippen LogP contribution in [0.1, 0.15) is 86.0 Å². The predicted octanol–water partition coefficient (Wildman–Crippen LogP) is 7.24. The number of carbonyl (C=O) groups is 1. The Morgan fingerprint density at radius 2 is 1.82 bits per heavy atom. The standard InChI is InChI=1S/C32H41N3O3/c1-21-19-33-35(20-21)31-27(28(14-15-29(31)36)34-32(37)25-7-5-4-6-8-25)18-23-9-11-24(12-10-23)26-13-16-30(38-3)22(2)17-26/h13-17,19-20,23-25,36H,4-12,18H2,1-3H3,(H,34,37). The summed E-state index contributed by atoms with van der Waals surface area (Å²) in [5, 5.41) is 18.7. The van der Waals surface area contributed by atoms with Crippen LogP contribution >= 0.6 is 0 Å². The van der Waals surface area contributed by atoms with Gasteiger partial charge in [-0.15, -0.1) is 0 Å². The molecule has 38 heavy (non-hydrogen) atoms. The third kappa shape index (κ3) is 5.74. The molecule has 0 spiro atoms. The van der Waals surface area contributed by atoms with Crippen molar-refractivity contribution in [1.82, 2.24) is 9.78 Å². The van der Waals surface area contributed by atoms with Gasteiger partial charge >= 0.3 is 0 Å². The van der Waals surface area contributed by atoms with E-state index in [4.69, 9.17) is 4.74 Å². The Hall–Kier alpha value is -3.28. The van der Waals surface area contributed by atoms with Crippen molar-refractivity contribution in [2.75, 3.05) is 12.4 Å². The van der Waals surface area contributed by atoms with E-state index in [0.29, 0.717) is 17.5 Å². The zero-order valence-corrected chi connectivity index (χ0v) is 23.0. The summed E-state index contributed by atoms with van der Waals surface area (Å²) in [6.45, 7) is 4.11. The second-order valence-corrected chi connectivity index (χ2v) is 11.4. The number of methoxy groups -OCH3 is 1. The van der Waals surface area contributed by atoms with Crippen LogP contribution in [-0.2, 0) is 11.2 Å². The van der Waals surface area contributed by atoms with E-state index >= 15 is 0 Å². The Morgan fingerprint density at radius 1 is 1.05 bits per heavy atom. The number of benzene rings is 2. The van der Waals surface area contributed by atoms with Crippen molar-refractivity contribution in [2.24, 2.45) is 11.8 Å². The lowest BCUT2D eigenvalue weighted by molar-refractivity contribution is -0.120. The SMILES string of the molecule is COc1ccc(C2CCC(Cc3c(NC(=O)C4CCCCC4)ccc(O)c3-n3cc(C)cn3)CC2)cc1C. The van der Waals surface area contributed by atoms with Gasteiger partial charge in [-0.25, -0.2) is 4.68 Å². The van der Waals surface area contributed by atoms with Crippen molar-refractivity contribution in [3.8, 4) is 17.2 Å².